The van der Waals surface area contributed by atoms with Gasteiger partial charge in [-0.05, 0) is 50.2 Å². The van der Waals surface area contributed by atoms with E-state index in [2.05, 4.69) is 28.2 Å². The zero-order chi connectivity index (χ0) is 13.6. The van der Waals surface area contributed by atoms with E-state index in [9.17, 15) is 5.11 Å². The molecule has 0 bridgehead atoms. The van der Waals surface area contributed by atoms with Gasteiger partial charge in [0.1, 0.15) is 5.75 Å². The molecule has 1 aromatic carbocycles. The lowest BCUT2D eigenvalue weighted by molar-refractivity contribution is 0.0511. The first-order chi connectivity index (χ1) is 8.48. The molecule has 0 aromatic heterocycles. The van der Waals surface area contributed by atoms with E-state index in [1.807, 2.05) is 25.1 Å². The summed E-state index contributed by atoms with van der Waals surface area (Å²) in [5.41, 5.74) is 0.296. The van der Waals surface area contributed by atoms with Crippen LogP contribution in [0.3, 0.4) is 0 Å². The smallest absolute Gasteiger partial charge is 0.122 e. The van der Waals surface area contributed by atoms with Crippen molar-refractivity contribution in [2.24, 2.45) is 0 Å². The first kappa shape index (κ1) is 15.5. The summed E-state index contributed by atoms with van der Waals surface area (Å²) in [6.45, 7) is 5.67. The van der Waals surface area contributed by atoms with Gasteiger partial charge in [-0.25, -0.2) is 0 Å². The summed E-state index contributed by atoms with van der Waals surface area (Å²) in [7, 11) is 1.65. The van der Waals surface area contributed by atoms with Gasteiger partial charge >= 0.3 is 0 Å². The Morgan fingerprint density at radius 1 is 1.44 bits per heavy atom. The third-order valence-corrected chi connectivity index (χ3v) is 3.40. The van der Waals surface area contributed by atoms with Crippen molar-refractivity contribution in [2.75, 3.05) is 20.2 Å². The second-order valence-electron chi connectivity index (χ2n) is 4.73. The maximum absolute atomic E-state index is 10.4. The second-order valence-corrected chi connectivity index (χ2v) is 5.65. The maximum Gasteiger partial charge on any atom is 0.122 e. The topological polar surface area (TPSA) is 41.5 Å². The summed E-state index contributed by atoms with van der Waals surface area (Å²) in [5.74, 6) is 0.821. The Morgan fingerprint density at radius 2 is 2.17 bits per heavy atom. The van der Waals surface area contributed by atoms with Gasteiger partial charge < -0.3 is 15.2 Å². The van der Waals surface area contributed by atoms with Crippen molar-refractivity contribution in [3.63, 3.8) is 0 Å². The summed E-state index contributed by atoms with van der Waals surface area (Å²) >= 11 is 3.45. The zero-order valence-corrected chi connectivity index (χ0v) is 12.9. The predicted molar refractivity (Wildman–Crippen MR) is 78.2 cm³/mol. The standard InChI is InChI=1S/C14H22BrNO2/c1-4-16-8-7-14(2,17)10-11-9-12(15)5-6-13(11)18-3/h5-6,9,16-17H,4,7-8,10H2,1-3H3. The van der Waals surface area contributed by atoms with E-state index >= 15 is 0 Å². The van der Waals surface area contributed by atoms with Gasteiger partial charge in [-0.1, -0.05) is 22.9 Å². The van der Waals surface area contributed by atoms with Crippen LogP contribution in [0.15, 0.2) is 22.7 Å². The van der Waals surface area contributed by atoms with Gasteiger partial charge in [0.2, 0.25) is 0 Å². The second kappa shape index (κ2) is 7.12. The molecule has 18 heavy (non-hydrogen) atoms. The van der Waals surface area contributed by atoms with Crippen molar-refractivity contribution in [1.29, 1.82) is 0 Å². The molecule has 3 nitrogen and oxygen atoms in total. The van der Waals surface area contributed by atoms with Crippen LogP contribution in [0.25, 0.3) is 0 Å². The number of nitrogens with one attached hydrogen (secondary N) is 1. The molecule has 0 aliphatic carbocycles. The number of benzene rings is 1. The number of methoxy groups -OCH3 is 1. The molecule has 1 unspecified atom stereocenters. The zero-order valence-electron chi connectivity index (χ0n) is 11.3. The molecule has 0 saturated heterocycles. The van der Waals surface area contributed by atoms with Crippen LogP contribution in [0.4, 0.5) is 0 Å². The monoisotopic (exact) mass is 315 g/mol. The van der Waals surface area contributed by atoms with Gasteiger partial charge in [0.15, 0.2) is 0 Å². The summed E-state index contributed by atoms with van der Waals surface area (Å²) in [6.07, 6.45) is 1.30. The molecule has 1 atom stereocenters. The van der Waals surface area contributed by atoms with E-state index in [0.29, 0.717) is 6.42 Å². The van der Waals surface area contributed by atoms with Crippen LogP contribution in [0.2, 0.25) is 0 Å². The van der Waals surface area contributed by atoms with E-state index < -0.39 is 5.60 Å². The van der Waals surface area contributed by atoms with Gasteiger partial charge in [0.25, 0.3) is 0 Å². The minimum absolute atomic E-state index is 0.584. The van der Waals surface area contributed by atoms with Crippen molar-refractivity contribution < 1.29 is 9.84 Å². The number of ether oxygens (including phenoxy) is 1. The number of aliphatic hydroxyl groups is 1. The number of hydrogen-bond acceptors (Lipinski definition) is 3. The van der Waals surface area contributed by atoms with Crippen LogP contribution in [0.1, 0.15) is 25.8 Å². The number of rotatable bonds is 7. The van der Waals surface area contributed by atoms with E-state index in [0.717, 1.165) is 35.3 Å². The lowest BCUT2D eigenvalue weighted by atomic mass is 9.93. The fourth-order valence-electron chi connectivity index (χ4n) is 1.92. The third-order valence-electron chi connectivity index (χ3n) is 2.90. The van der Waals surface area contributed by atoms with Crippen molar-refractivity contribution in [3.8, 4) is 5.75 Å². The summed E-state index contributed by atoms with van der Waals surface area (Å²) < 4.78 is 6.33. The van der Waals surface area contributed by atoms with E-state index in [-0.39, 0.29) is 0 Å². The molecular formula is C14H22BrNO2. The molecule has 0 aliphatic heterocycles. The Labute approximate surface area is 118 Å². The molecule has 0 amide bonds. The van der Waals surface area contributed by atoms with Crippen molar-refractivity contribution in [3.05, 3.63) is 28.2 Å². The molecule has 102 valence electrons. The van der Waals surface area contributed by atoms with Crippen molar-refractivity contribution in [1.82, 2.24) is 5.32 Å². The van der Waals surface area contributed by atoms with E-state index in [1.165, 1.54) is 0 Å². The molecular weight excluding hydrogens is 294 g/mol. The van der Waals surface area contributed by atoms with Crippen LogP contribution in [0, 0.1) is 0 Å². The van der Waals surface area contributed by atoms with Crippen LogP contribution in [-0.4, -0.2) is 30.9 Å². The normalized spacial score (nSPS) is 14.3. The molecule has 0 saturated carbocycles. The molecule has 0 heterocycles. The van der Waals surface area contributed by atoms with Crippen LogP contribution in [-0.2, 0) is 6.42 Å². The van der Waals surface area contributed by atoms with Crippen molar-refractivity contribution in [2.45, 2.75) is 32.3 Å². The summed E-state index contributed by atoms with van der Waals surface area (Å²) in [6, 6.07) is 5.86. The van der Waals surface area contributed by atoms with Crippen LogP contribution >= 0.6 is 15.9 Å². The highest BCUT2D eigenvalue weighted by molar-refractivity contribution is 9.10. The average Bonchev–Trinajstić information content (AvgIpc) is 2.29. The minimum atomic E-state index is -0.726. The van der Waals surface area contributed by atoms with Gasteiger partial charge in [-0.15, -0.1) is 0 Å². The lowest BCUT2D eigenvalue weighted by Crippen LogP contribution is -2.32. The Morgan fingerprint density at radius 3 is 2.78 bits per heavy atom. The first-order valence-corrected chi connectivity index (χ1v) is 7.03. The Bertz CT molecular complexity index is 380. The Kier molecular flexibility index (Phi) is 6.12. The maximum atomic E-state index is 10.4. The molecule has 0 radical (unpaired) electrons. The lowest BCUT2D eigenvalue weighted by Gasteiger charge is -2.24. The van der Waals surface area contributed by atoms with E-state index in [1.54, 1.807) is 7.11 Å². The SMILES string of the molecule is CCNCCC(C)(O)Cc1cc(Br)ccc1OC. The highest BCUT2D eigenvalue weighted by atomic mass is 79.9. The Hall–Kier alpha value is -0.580. The summed E-state index contributed by atoms with van der Waals surface area (Å²) in [4.78, 5) is 0. The fourth-order valence-corrected chi connectivity index (χ4v) is 2.33. The fraction of sp³-hybridized carbons (Fsp3) is 0.571. The number of halogens is 1. The molecule has 0 spiro atoms. The Balaban J connectivity index is 2.72. The molecule has 1 rings (SSSR count). The van der Waals surface area contributed by atoms with Crippen LogP contribution in [0.5, 0.6) is 5.75 Å². The highest BCUT2D eigenvalue weighted by Gasteiger charge is 2.22. The van der Waals surface area contributed by atoms with Gasteiger partial charge in [0.05, 0.1) is 12.7 Å². The van der Waals surface area contributed by atoms with Crippen molar-refractivity contribution >= 4 is 15.9 Å². The van der Waals surface area contributed by atoms with Gasteiger partial charge in [0, 0.05) is 10.9 Å². The molecule has 0 fully saturated rings. The summed E-state index contributed by atoms with van der Waals surface area (Å²) in [5, 5.41) is 13.6. The van der Waals surface area contributed by atoms with Crippen LogP contribution < -0.4 is 10.1 Å². The molecule has 1 aromatic rings. The highest BCUT2D eigenvalue weighted by Crippen LogP contribution is 2.27. The average molecular weight is 316 g/mol. The largest absolute Gasteiger partial charge is 0.496 e. The quantitative estimate of drug-likeness (QED) is 0.760. The van der Waals surface area contributed by atoms with E-state index in [4.69, 9.17) is 4.74 Å². The van der Waals surface area contributed by atoms with Gasteiger partial charge in [-0.3, -0.25) is 0 Å². The minimum Gasteiger partial charge on any atom is -0.496 e. The van der Waals surface area contributed by atoms with Gasteiger partial charge in [-0.2, -0.15) is 0 Å². The molecule has 4 heteroatoms. The third kappa shape index (κ3) is 4.96. The number of hydrogen-bond donors (Lipinski definition) is 2. The first-order valence-electron chi connectivity index (χ1n) is 6.24. The predicted octanol–water partition coefficient (Wildman–Crippen LogP) is 2.75. The molecule has 0 aliphatic rings. The molecule has 2 N–H and O–H groups in total.